The molecular formula is C18H18F2N6O. The molecule has 4 N–H and O–H groups in total. The molecule has 0 aliphatic carbocycles. The topological polar surface area (TPSA) is 110 Å². The first kappa shape index (κ1) is 18.4. The van der Waals surface area contributed by atoms with Gasteiger partial charge in [-0.1, -0.05) is 12.2 Å². The summed E-state index contributed by atoms with van der Waals surface area (Å²) in [6.45, 7) is 1.83. The van der Waals surface area contributed by atoms with Crippen LogP contribution in [0.4, 0.5) is 14.6 Å². The highest BCUT2D eigenvalue weighted by Gasteiger charge is 2.14. The molecule has 0 unspecified atom stereocenters. The van der Waals surface area contributed by atoms with Crippen molar-refractivity contribution in [2.24, 2.45) is 0 Å². The van der Waals surface area contributed by atoms with Crippen LogP contribution in [0.25, 0.3) is 17.2 Å². The van der Waals surface area contributed by atoms with Crippen molar-refractivity contribution in [2.75, 3.05) is 5.73 Å². The summed E-state index contributed by atoms with van der Waals surface area (Å²) < 4.78 is 25.7. The van der Waals surface area contributed by atoms with Gasteiger partial charge in [0.15, 0.2) is 11.5 Å². The number of alkyl halides is 2. The number of carbonyl (C=O) groups excluding carboxylic acids is 1. The van der Waals surface area contributed by atoms with Gasteiger partial charge in [0, 0.05) is 18.4 Å². The molecule has 0 bridgehead atoms. The van der Waals surface area contributed by atoms with E-state index in [4.69, 9.17) is 5.73 Å². The molecule has 3 aromatic heterocycles. The van der Waals surface area contributed by atoms with E-state index in [1.807, 2.05) is 6.92 Å². The SMILES string of the molecule is C[C@@H](C/C=C/c1cnc(N)c(C(F)F)c1)NC(=O)c1nc2ncccc2[nH]1. The van der Waals surface area contributed by atoms with Crippen molar-refractivity contribution >= 4 is 29.0 Å². The number of imidazole rings is 1. The normalized spacial score (nSPS) is 12.7. The lowest BCUT2D eigenvalue weighted by molar-refractivity contribution is 0.0931. The molecule has 0 aliphatic rings. The molecular weight excluding hydrogens is 354 g/mol. The van der Waals surface area contributed by atoms with Crippen LogP contribution in [0.1, 0.15) is 41.5 Å². The third-order valence-corrected chi connectivity index (χ3v) is 3.86. The van der Waals surface area contributed by atoms with Crippen LogP contribution in [0.15, 0.2) is 36.7 Å². The molecule has 7 nitrogen and oxygen atoms in total. The molecule has 3 aromatic rings. The molecule has 0 fully saturated rings. The molecule has 9 heteroatoms. The van der Waals surface area contributed by atoms with E-state index >= 15 is 0 Å². The van der Waals surface area contributed by atoms with Gasteiger partial charge in [-0.15, -0.1) is 0 Å². The number of nitrogen functional groups attached to an aromatic ring is 1. The Balaban J connectivity index is 1.59. The maximum Gasteiger partial charge on any atom is 0.287 e. The van der Waals surface area contributed by atoms with E-state index in [-0.39, 0.29) is 29.2 Å². The number of nitrogens with two attached hydrogens (primary N) is 1. The number of H-pyrrole nitrogens is 1. The third kappa shape index (κ3) is 4.43. The zero-order valence-corrected chi connectivity index (χ0v) is 14.5. The zero-order chi connectivity index (χ0) is 19.4. The number of aromatic amines is 1. The van der Waals surface area contributed by atoms with E-state index in [2.05, 4.69) is 25.3 Å². The summed E-state index contributed by atoms with van der Waals surface area (Å²) in [4.78, 5) is 27.1. The van der Waals surface area contributed by atoms with Crippen LogP contribution in [0, 0.1) is 0 Å². The fraction of sp³-hybridized carbons (Fsp3) is 0.222. The summed E-state index contributed by atoms with van der Waals surface area (Å²) in [6.07, 6.45) is 4.27. The zero-order valence-electron chi connectivity index (χ0n) is 14.5. The Labute approximate surface area is 153 Å². The van der Waals surface area contributed by atoms with E-state index in [0.29, 0.717) is 23.1 Å². The van der Waals surface area contributed by atoms with Crippen LogP contribution in [0.5, 0.6) is 0 Å². The Kier molecular flexibility index (Phi) is 5.39. The van der Waals surface area contributed by atoms with Crippen molar-refractivity contribution in [3.8, 4) is 0 Å². The Hall–Kier alpha value is -3.36. The summed E-state index contributed by atoms with van der Waals surface area (Å²) in [5.74, 6) is -0.338. The molecule has 3 heterocycles. The number of rotatable bonds is 6. The van der Waals surface area contributed by atoms with Gasteiger partial charge < -0.3 is 16.0 Å². The number of amides is 1. The average molecular weight is 372 g/mol. The molecule has 0 aliphatic heterocycles. The summed E-state index contributed by atoms with van der Waals surface area (Å²) in [6, 6.07) is 4.65. The Morgan fingerprint density at radius 1 is 1.41 bits per heavy atom. The standard InChI is InChI=1S/C18H18F2N6O/c1-10(4-2-5-11-8-12(14(19)20)15(21)23-9-11)24-18(27)17-25-13-6-3-7-22-16(13)26-17/h2-3,5-10,14H,4H2,1H3,(H2,21,23)(H,24,27)(H,22,25,26)/b5-2+/t10-/m0/s1. The number of carbonyl (C=O) groups is 1. The second kappa shape index (κ2) is 7.90. The maximum atomic E-state index is 12.8. The van der Waals surface area contributed by atoms with Gasteiger partial charge in [0.05, 0.1) is 11.1 Å². The number of aromatic nitrogens is 4. The lowest BCUT2D eigenvalue weighted by Gasteiger charge is -2.10. The molecule has 0 aromatic carbocycles. The summed E-state index contributed by atoms with van der Waals surface area (Å²) in [5.41, 5.74) is 6.80. The van der Waals surface area contributed by atoms with Crippen LogP contribution in [0.3, 0.4) is 0 Å². The van der Waals surface area contributed by atoms with Gasteiger partial charge in [-0.25, -0.2) is 23.7 Å². The Bertz CT molecular complexity index is 952. The lowest BCUT2D eigenvalue weighted by atomic mass is 10.1. The van der Waals surface area contributed by atoms with Crippen LogP contribution in [-0.2, 0) is 0 Å². The Morgan fingerprint density at radius 3 is 2.96 bits per heavy atom. The highest BCUT2D eigenvalue weighted by atomic mass is 19.3. The highest BCUT2D eigenvalue weighted by Crippen LogP contribution is 2.24. The number of nitrogens with one attached hydrogen (secondary N) is 2. The van der Waals surface area contributed by atoms with Crippen molar-refractivity contribution in [1.82, 2.24) is 25.3 Å². The number of halogens is 2. The molecule has 1 amide bonds. The van der Waals surface area contributed by atoms with Crippen LogP contribution in [-0.4, -0.2) is 31.9 Å². The average Bonchev–Trinajstić information content (AvgIpc) is 3.07. The van der Waals surface area contributed by atoms with Gasteiger partial charge >= 0.3 is 0 Å². The second-order valence-corrected chi connectivity index (χ2v) is 6.02. The number of hydrogen-bond acceptors (Lipinski definition) is 5. The summed E-state index contributed by atoms with van der Waals surface area (Å²) in [7, 11) is 0. The minimum absolute atomic E-state index is 0.178. The van der Waals surface area contributed by atoms with Crippen molar-refractivity contribution in [3.63, 3.8) is 0 Å². The highest BCUT2D eigenvalue weighted by molar-refractivity contribution is 5.93. The van der Waals surface area contributed by atoms with Crippen molar-refractivity contribution in [1.29, 1.82) is 0 Å². The van der Waals surface area contributed by atoms with E-state index in [0.717, 1.165) is 0 Å². The maximum absolute atomic E-state index is 12.8. The largest absolute Gasteiger partial charge is 0.383 e. The van der Waals surface area contributed by atoms with Crippen molar-refractivity contribution < 1.29 is 13.6 Å². The third-order valence-electron chi connectivity index (χ3n) is 3.86. The predicted molar refractivity (Wildman–Crippen MR) is 98.1 cm³/mol. The van der Waals surface area contributed by atoms with Gasteiger partial charge in [0.2, 0.25) is 0 Å². The molecule has 0 saturated heterocycles. The monoisotopic (exact) mass is 372 g/mol. The van der Waals surface area contributed by atoms with Gasteiger partial charge in [0.25, 0.3) is 12.3 Å². The molecule has 3 rings (SSSR count). The van der Waals surface area contributed by atoms with Gasteiger partial charge in [-0.05, 0) is 37.1 Å². The summed E-state index contributed by atoms with van der Waals surface area (Å²) >= 11 is 0. The molecule has 0 saturated carbocycles. The molecule has 0 spiro atoms. The lowest BCUT2D eigenvalue weighted by Crippen LogP contribution is -2.32. The molecule has 0 radical (unpaired) electrons. The van der Waals surface area contributed by atoms with Gasteiger partial charge in [-0.3, -0.25) is 4.79 Å². The first-order chi connectivity index (χ1) is 12.9. The van der Waals surface area contributed by atoms with E-state index < -0.39 is 6.43 Å². The number of anilines is 1. The van der Waals surface area contributed by atoms with Crippen LogP contribution in [0.2, 0.25) is 0 Å². The number of fused-ring (bicyclic) bond motifs is 1. The number of pyridine rings is 2. The number of nitrogens with zero attached hydrogens (tertiary/aromatic N) is 3. The van der Waals surface area contributed by atoms with Gasteiger partial charge in [0.1, 0.15) is 5.82 Å². The smallest absolute Gasteiger partial charge is 0.287 e. The van der Waals surface area contributed by atoms with Crippen LogP contribution >= 0.6 is 0 Å². The van der Waals surface area contributed by atoms with Crippen molar-refractivity contribution in [3.05, 3.63) is 53.6 Å². The molecule has 27 heavy (non-hydrogen) atoms. The van der Waals surface area contributed by atoms with Crippen molar-refractivity contribution in [2.45, 2.75) is 25.8 Å². The quantitative estimate of drug-likeness (QED) is 0.616. The number of hydrogen-bond donors (Lipinski definition) is 3. The van der Waals surface area contributed by atoms with E-state index in [1.165, 1.54) is 12.3 Å². The van der Waals surface area contributed by atoms with E-state index in [1.54, 1.807) is 30.5 Å². The minimum atomic E-state index is -2.68. The Morgan fingerprint density at radius 2 is 2.22 bits per heavy atom. The predicted octanol–water partition coefficient (Wildman–Crippen LogP) is 3.09. The van der Waals surface area contributed by atoms with Gasteiger partial charge in [-0.2, -0.15) is 0 Å². The second-order valence-electron chi connectivity index (χ2n) is 6.02. The molecule has 1 atom stereocenters. The first-order valence-electron chi connectivity index (χ1n) is 8.25. The van der Waals surface area contributed by atoms with E-state index in [9.17, 15) is 13.6 Å². The fourth-order valence-corrected chi connectivity index (χ4v) is 2.49. The summed E-state index contributed by atoms with van der Waals surface area (Å²) in [5, 5.41) is 2.81. The molecule has 140 valence electrons. The fourth-order valence-electron chi connectivity index (χ4n) is 2.49. The van der Waals surface area contributed by atoms with Crippen LogP contribution < -0.4 is 11.1 Å². The minimum Gasteiger partial charge on any atom is -0.383 e. The first-order valence-corrected chi connectivity index (χ1v) is 8.25.